The van der Waals surface area contributed by atoms with Crippen LogP contribution in [-0.2, 0) is 42.7 Å². The summed E-state index contributed by atoms with van der Waals surface area (Å²) in [7, 11) is 3.29. The number of ketones is 1. The van der Waals surface area contributed by atoms with Crippen LogP contribution in [0.5, 0.6) is 0 Å². The summed E-state index contributed by atoms with van der Waals surface area (Å²) in [5.74, 6) is 0.287. The van der Waals surface area contributed by atoms with Gasteiger partial charge in [0, 0.05) is 46.3 Å². The smallest absolute Gasteiger partial charge is 1.00 e. The van der Waals surface area contributed by atoms with E-state index in [1.54, 1.807) is 21.1 Å². The molecule has 43 heavy (non-hydrogen) atoms. The number of rotatable bonds is 7. The Bertz CT molecular complexity index is 937. The molecule has 0 aliphatic carbocycles. The average Bonchev–Trinajstić information content (AvgIpc) is 3.39. The zero-order chi connectivity index (χ0) is 27.8. The van der Waals surface area contributed by atoms with Gasteiger partial charge in [0.25, 0.3) is 0 Å². The zero-order valence-corrected chi connectivity index (χ0v) is 28.9. The third-order valence-corrected chi connectivity index (χ3v) is 9.44. The molecule has 12 atom stereocenters. The Morgan fingerprint density at radius 1 is 0.884 bits per heavy atom. The van der Waals surface area contributed by atoms with Gasteiger partial charge in [0.05, 0.1) is 37.6 Å². The van der Waals surface area contributed by atoms with Crippen molar-refractivity contribution in [2.45, 2.75) is 139 Å². The Kier molecular flexibility index (Phi) is 17.0. The maximum atomic E-state index is 11.4. The molecule has 0 amide bonds. The van der Waals surface area contributed by atoms with Gasteiger partial charge in [0.15, 0.2) is 12.6 Å². The second-order valence-electron chi connectivity index (χ2n) is 12.3. The van der Waals surface area contributed by atoms with Crippen molar-refractivity contribution in [1.29, 1.82) is 0 Å². The Labute approximate surface area is 294 Å². The van der Waals surface area contributed by atoms with E-state index in [-0.39, 0.29) is 142 Å². The first kappa shape index (κ1) is 41.5. The minimum atomic E-state index is -0.320. The third kappa shape index (κ3) is 8.91. The first-order valence-corrected chi connectivity index (χ1v) is 14.5. The van der Waals surface area contributed by atoms with E-state index in [0.717, 1.165) is 51.4 Å². The Hall–Kier alpha value is 0.515. The summed E-state index contributed by atoms with van der Waals surface area (Å²) in [4.78, 5) is 15.0. The fourth-order valence-electron chi connectivity index (χ4n) is 7.20. The van der Waals surface area contributed by atoms with Crippen LogP contribution in [0.3, 0.4) is 0 Å². The van der Waals surface area contributed by atoms with Gasteiger partial charge in [-0.1, -0.05) is 6.92 Å². The van der Waals surface area contributed by atoms with Crippen LogP contribution in [0.1, 0.15) is 73.6 Å². The van der Waals surface area contributed by atoms with Crippen LogP contribution in [0.25, 0.3) is 4.85 Å². The van der Waals surface area contributed by atoms with E-state index in [0.29, 0.717) is 13.2 Å². The quantitative estimate of drug-likeness (QED) is 0.197. The molecule has 13 heteroatoms. The van der Waals surface area contributed by atoms with Crippen molar-refractivity contribution < 1.29 is 98.8 Å². The number of carbonyl (C=O) groups excluding carboxylic acids is 1. The summed E-state index contributed by atoms with van der Waals surface area (Å²) in [5.41, 5.74) is -0.622. The number of carbonyl (C=O) groups is 1. The van der Waals surface area contributed by atoms with Crippen molar-refractivity contribution in [3.63, 3.8) is 0 Å². The van der Waals surface area contributed by atoms with Crippen LogP contribution in [0.4, 0.5) is 0 Å². The predicted molar refractivity (Wildman–Crippen MR) is 146 cm³/mol. The largest absolute Gasteiger partial charge is 1.00 e. The van der Waals surface area contributed by atoms with Gasteiger partial charge in [0.1, 0.15) is 29.2 Å². The molecule has 6 rings (SSSR count). The number of Topliss-reactive ketones (excluding diaryl/α,β-unsaturated/α-hetero) is 1. The predicted octanol–water partition coefficient (Wildman–Crippen LogP) is -4.98. The van der Waals surface area contributed by atoms with E-state index >= 15 is 0 Å². The van der Waals surface area contributed by atoms with Gasteiger partial charge in [-0.05, 0) is 39.0 Å². The third-order valence-electron chi connectivity index (χ3n) is 9.44. The topological polar surface area (TPSA) is 95.3 Å². The van der Waals surface area contributed by atoms with Crippen LogP contribution in [0, 0.1) is 19.9 Å². The molecule has 6 aliphatic heterocycles. The van der Waals surface area contributed by atoms with Crippen molar-refractivity contribution >= 4 is 5.78 Å². The van der Waals surface area contributed by atoms with Crippen molar-refractivity contribution in [3.05, 3.63) is 18.8 Å². The molecule has 0 N–H and O–H groups in total. The van der Waals surface area contributed by atoms with Gasteiger partial charge < -0.3 is 68.6 Å². The van der Waals surface area contributed by atoms with E-state index in [1.165, 1.54) is 0 Å². The Morgan fingerprint density at radius 3 is 1.72 bits per heavy atom. The normalized spacial score (nSPS) is 41.4. The number of hydrogen-bond acceptors (Lipinski definition) is 9. The minimum Gasteiger partial charge on any atom is -1.00 e. The molecule has 0 saturated carbocycles. The van der Waals surface area contributed by atoms with E-state index in [4.69, 9.17) is 44.5 Å². The molecular weight excluding hydrogens is 612 g/mol. The van der Waals surface area contributed by atoms with Crippen LogP contribution in [0.15, 0.2) is 0 Å². The molecule has 0 aromatic rings. The van der Waals surface area contributed by atoms with Gasteiger partial charge in [-0.15, -0.1) is 0 Å². The number of halogens is 1. The molecule has 0 aromatic heterocycles. The van der Waals surface area contributed by atoms with Crippen LogP contribution in [-0.4, -0.2) is 99.7 Å². The maximum absolute atomic E-state index is 11.4. The molecule has 6 fully saturated rings. The van der Waals surface area contributed by atoms with Gasteiger partial charge in [-0.2, -0.15) is 0 Å². The fourth-order valence-corrected chi connectivity index (χ4v) is 7.20. The summed E-state index contributed by atoms with van der Waals surface area (Å²) in [6, 6.07) is 0.0206. The molecular formula is C30H49BrLi2NO9-. The Balaban J connectivity index is 0.000000755. The first-order valence-electron chi connectivity index (χ1n) is 14.5. The van der Waals surface area contributed by atoms with Crippen molar-refractivity contribution in [2.24, 2.45) is 5.92 Å². The number of hydrogen-bond donors (Lipinski definition) is 0. The molecule has 0 radical (unpaired) electrons. The molecule has 0 aromatic carbocycles. The summed E-state index contributed by atoms with van der Waals surface area (Å²) in [5, 5.41) is 0. The van der Waals surface area contributed by atoms with Gasteiger partial charge in [-0.25, -0.2) is 6.57 Å². The van der Waals surface area contributed by atoms with Crippen molar-refractivity contribution in [2.75, 3.05) is 27.4 Å². The molecule has 3 unspecified atom stereocenters. The molecule has 6 aliphatic rings. The zero-order valence-electron chi connectivity index (χ0n) is 28.3. The molecule has 4 bridgehead atoms. The number of ether oxygens (including phenoxy) is 8. The maximum Gasteiger partial charge on any atom is 1.00 e. The fraction of sp³-hybridized carbons (Fsp3) is 0.900. The summed E-state index contributed by atoms with van der Waals surface area (Å²) in [6.45, 7) is 13.7. The second kappa shape index (κ2) is 17.6. The second-order valence-corrected chi connectivity index (χ2v) is 12.3. The van der Waals surface area contributed by atoms with Gasteiger partial charge in [0.2, 0.25) is 6.04 Å². The Morgan fingerprint density at radius 2 is 1.33 bits per heavy atom. The van der Waals surface area contributed by atoms with Gasteiger partial charge in [-0.3, -0.25) is 4.79 Å². The van der Waals surface area contributed by atoms with Crippen molar-refractivity contribution in [1.82, 2.24) is 0 Å². The van der Waals surface area contributed by atoms with E-state index in [9.17, 15) is 4.79 Å². The molecule has 2 spiro atoms. The number of fused-ring (bicyclic) bond motifs is 2. The standard InChI is InChI=1S/C15H24O5.C14H21NO4.CH3.BrH.2Li.H/c1-9(10(2)16)6-11-4-5-13-15(20-11)7-12(19-13)14(17-3)18-8-15;1-9(15-2)6-10-4-5-12-14(19-10)7-11(18-12)13(16-3)17-8-14;;;;;/h9,11-14H,4-8H2,1-3H3;9-13H,4-8H2,1,3H3;1H3;1H;;;/q;;-1;;2*+1;-1/p-1/t9?,11?,12-,13+,14-,15-;9-,10?,11-,12+,13-,14-;;;;;/m11...../s1. The monoisotopic (exact) mass is 660 g/mol. The van der Waals surface area contributed by atoms with Crippen LogP contribution >= 0.6 is 0 Å². The van der Waals surface area contributed by atoms with Crippen molar-refractivity contribution in [3.8, 4) is 0 Å². The summed E-state index contributed by atoms with van der Waals surface area (Å²) >= 11 is 0. The average molecular weight is 662 g/mol. The minimum absolute atomic E-state index is 0. The summed E-state index contributed by atoms with van der Waals surface area (Å²) < 4.78 is 46.7. The molecule has 6 heterocycles. The SMILES string of the molecule is CO[C@@H]1OC[C@]23C[C@H]1O[C@H]2CCC(CC(C)C(C)=O)O3.[Br-].[C-]#[N+][C@H](C)CC1CC[C@@H]2O[C@@H]3C[C@]2(CO[C@H]3OC)O1.[CH3-].[H-].[Li+].[Li+]. The molecule has 238 valence electrons. The molecule has 6 saturated heterocycles. The van der Waals surface area contributed by atoms with E-state index < -0.39 is 0 Å². The van der Waals surface area contributed by atoms with E-state index in [2.05, 4.69) is 4.85 Å². The van der Waals surface area contributed by atoms with Crippen LogP contribution < -0.4 is 54.7 Å². The van der Waals surface area contributed by atoms with Crippen LogP contribution in [0.2, 0.25) is 0 Å². The van der Waals surface area contributed by atoms with Gasteiger partial charge >= 0.3 is 37.7 Å². The first-order chi connectivity index (χ1) is 18.7. The molecule has 10 nitrogen and oxygen atoms in total. The number of methoxy groups -OCH3 is 2. The summed E-state index contributed by atoms with van der Waals surface area (Å²) in [6.07, 6.45) is 7.11. The van der Waals surface area contributed by atoms with E-state index in [1.807, 2.05) is 13.8 Å². The number of nitrogens with zero attached hydrogens (tertiary/aromatic N) is 1.